The summed E-state index contributed by atoms with van der Waals surface area (Å²) in [7, 11) is 0. The maximum absolute atomic E-state index is 14.5. The molecule has 2 saturated heterocycles. The first-order valence-corrected chi connectivity index (χ1v) is 14.3. The number of carbonyl (C=O) groups excluding carboxylic acids is 1. The third kappa shape index (κ3) is 5.36. The molecule has 1 N–H and O–H groups in total. The van der Waals surface area contributed by atoms with Gasteiger partial charge in [-0.15, -0.1) is 0 Å². The molecule has 1 spiro atoms. The van der Waals surface area contributed by atoms with Crippen LogP contribution in [0.25, 0.3) is 0 Å². The van der Waals surface area contributed by atoms with Gasteiger partial charge >= 0.3 is 6.18 Å². The number of piperidine rings is 2. The molecule has 5 nitrogen and oxygen atoms in total. The van der Waals surface area contributed by atoms with Crippen LogP contribution < -0.4 is 5.32 Å². The van der Waals surface area contributed by atoms with Gasteiger partial charge in [0.05, 0.1) is 28.0 Å². The third-order valence-electron chi connectivity index (χ3n) is 9.06. The Hall–Kier alpha value is -2.39. The molecule has 4 aliphatic rings. The molecule has 3 heterocycles. The summed E-state index contributed by atoms with van der Waals surface area (Å²) in [5.74, 6) is -0.0486. The van der Waals surface area contributed by atoms with Crippen molar-refractivity contribution in [1.29, 1.82) is 0 Å². The van der Waals surface area contributed by atoms with Gasteiger partial charge in [-0.2, -0.15) is 13.2 Å². The van der Waals surface area contributed by atoms with E-state index in [0.717, 1.165) is 36.0 Å². The lowest BCUT2D eigenvalue weighted by atomic mass is 9.71. The average molecular weight is 565 g/mol. The lowest BCUT2D eigenvalue weighted by Gasteiger charge is -2.48. The van der Waals surface area contributed by atoms with Gasteiger partial charge in [0, 0.05) is 19.1 Å². The summed E-state index contributed by atoms with van der Waals surface area (Å²) in [5.41, 5.74) is 1.09. The summed E-state index contributed by atoms with van der Waals surface area (Å²) in [6, 6.07) is 4.06. The highest BCUT2D eigenvalue weighted by Gasteiger charge is 2.54. The van der Waals surface area contributed by atoms with Crippen molar-refractivity contribution in [2.24, 2.45) is 11.3 Å². The number of hydrogen-bond donors (Lipinski definition) is 1. The van der Waals surface area contributed by atoms with Crippen molar-refractivity contribution >= 4 is 23.2 Å². The van der Waals surface area contributed by atoms with Gasteiger partial charge in [0.1, 0.15) is 5.82 Å². The molecule has 6 rings (SSSR count). The lowest BCUT2D eigenvalue weighted by molar-refractivity contribution is -0.202. The highest BCUT2D eigenvalue weighted by atomic mass is 35.5. The van der Waals surface area contributed by atoms with E-state index < -0.39 is 23.5 Å². The molecule has 3 fully saturated rings. The van der Waals surface area contributed by atoms with Crippen LogP contribution in [0, 0.1) is 17.2 Å². The summed E-state index contributed by atoms with van der Waals surface area (Å²) in [5, 5.41) is 3.34. The van der Waals surface area contributed by atoms with Crippen molar-refractivity contribution in [2.75, 3.05) is 31.5 Å². The molecular weight excluding hydrogens is 532 g/mol. The predicted octanol–water partition coefficient (Wildman–Crippen LogP) is 6.17. The number of anilines is 1. The van der Waals surface area contributed by atoms with E-state index in [2.05, 4.69) is 15.2 Å². The molecule has 2 aliphatic carbocycles. The Balaban J connectivity index is 1.15. The Labute approximate surface area is 230 Å². The third-order valence-corrected chi connectivity index (χ3v) is 9.36. The van der Waals surface area contributed by atoms with Gasteiger partial charge in [0.15, 0.2) is 6.04 Å². The molecule has 2 aromatic rings. The Kier molecular flexibility index (Phi) is 7.03. The van der Waals surface area contributed by atoms with Crippen LogP contribution in [0.2, 0.25) is 5.02 Å². The van der Waals surface area contributed by atoms with Gasteiger partial charge in [0.2, 0.25) is 5.91 Å². The van der Waals surface area contributed by atoms with Crippen LogP contribution >= 0.6 is 11.6 Å². The van der Waals surface area contributed by atoms with Crippen LogP contribution in [-0.4, -0.2) is 59.1 Å². The van der Waals surface area contributed by atoms with E-state index in [4.69, 9.17) is 11.6 Å². The number of pyridine rings is 1. The quantitative estimate of drug-likeness (QED) is 0.426. The van der Waals surface area contributed by atoms with E-state index in [1.807, 2.05) is 0 Å². The van der Waals surface area contributed by atoms with Crippen LogP contribution in [0.5, 0.6) is 0 Å². The van der Waals surface area contributed by atoms with Crippen LogP contribution in [-0.2, 0) is 17.6 Å². The molecule has 0 bridgehead atoms. The molecule has 0 radical (unpaired) electrons. The smallest absolute Gasteiger partial charge is 0.380 e. The number of rotatable bonds is 6. The van der Waals surface area contributed by atoms with Crippen molar-refractivity contribution in [2.45, 2.75) is 69.6 Å². The Morgan fingerprint density at radius 2 is 1.85 bits per heavy atom. The zero-order chi connectivity index (χ0) is 27.4. The van der Waals surface area contributed by atoms with Gasteiger partial charge in [-0.3, -0.25) is 9.78 Å². The lowest BCUT2D eigenvalue weighted by Crippen LogP contribution is -2.56. The second kappa shape index (κ2) is 10.2. The Morgan fingerprint density at radius 1 is 1.08 bits per heavy atom. The molecule has 2 aliphatic heterocycles. The molecular formula is C29H33ClF4N4O. The Bertz CT molecular complexity index is 1230. The number of alkyl halides is 3. The van der Waals surface area contributed by atoms with Gasteiger partial charge < -0.3 is 15.1 Å². The maximum Gasteiger partial charge on any atom is 0.414 e. The largest absolute Gasteiger partial charge is 0.414 e. The summed E-state index contributed by atoms with van der Waals surface area (Å²) in [4.78, 5) is 21.3. The highest BCUT2D eigenvalue weighted by molar-refractivity contribution is 6.30. The monoisotopic (exact) mass is 564 g/mol. The fourth-order valence-electron chi connectivity index (χ4n) is 6.76. The number of halogens is 5. The van der Waals surface area contributed by atoms with Gasteiger partial charge in [-0.25, -0.2) is 4.39 Å². The van der Waals surface area contributed by atoms with Gasteiger partial charge in [-0.05, 0) is 99.7 Å². The number of hydrogen-bond acceptors (Lipinski definition) is 4. The van der Waals surface area contributed by atoms with Crippen LogP contribution in [0.3, 0.4) is 0 Å². The molecule has 1 aromatic carbocycles. The summed E-state index contributed by atoms with van der Waals surface area (Å²) >= 11 is 5.91. The minimum Gasteiger partial charge on any atom is -0.380 e. The topological polar surface area (TPSA) is 48.5 Å². The van der Waals surface area contributed by atoms with E-state index in [0.29, 0.717) is 49.8 Å². The van der Waals surface area contributed by atoms with Gasteiger partial charge in [-0.1, -0.05) is 17.7 Å². The van der Waals surface area contributed by atoms with Gasteiger partial charge in [0.25, 0.3) is 0 Å². The van der Waals surface area contributed by atoms with Crippen LogP contribution in [0.1, 0.15) is 61.4 Å². The zero-order valence-corrected chi connectivity index (χ0v) is 22.5. The number of aromatic nitrogens is 1. The van der Waals surface area contributed by atoms with Crippen LogP contribution in [0.4, 0.5) is 23.2 Å². The zero-order valence-electron chi connectivity index (χ0n) is 21.7. The van der Waals surface area contributed by atoms with Crippen molar-refractivity contribution in [3.63, 3.8) is 0 Å². The predicted molar refractivity (Wildman–Crippen MR) is 141 cm³/mol. The van der Waals surface area contributed by atoms with Crippen LogP contribution in [0.15, 0.2) is 30.5 Å². The second-order valence-corrected chi connectivity index (χ2v) is 12.2. The van der Waals surface area contributed by atoms with Crippen molar-refractivity contribution in [3.05, 3.63) is 58.1 Å². The first-order valence-electron chi connectivity index (χ1n) is 13.9. The molecule has 1 saturated carbocycles. The van der Waals surface area contributed by atoms with Crippen molar-refractivity contribution < 1.29 is 22.4 Å². The first-order chi connectivity index (χ1) is 18.6. The number of amides is 1. The normalized spacial score (nSPS) is 24.2. The minimum absolute atomic E-state index is 0.0761. The summed E-state index contributed by atoms with van der Waals surface area (Å²) < 4.78 is 57.8. The van der Waals surface area contributed by atoms with E-state index in [-0.39, 0.29) is 29.2 Å². The fraction of sp³-hybridized carbons (Fsp3) is 0.586. The standard InChI is InChI=1S/C29H33ClF4N4O/c30-23-6-4-19-14-21(15-22(19)25(23)31)36-20-5-7-24(35-16-20)26(29(32,33)34)38-11-1-8-28(27(38)39)9-12-37(13-10-28)17-18-2-3-18/h4-7,16,18,21,26,36H,1-3,8-15,17H2. The minimum atomic E-state index is -4.65. The van der Waals surface area contributed by atoms with Crippen molar-refractivity contribution in [1.82, 2.24) is 14.8 Å². The average Bonchev–Trinajstić information content (AvgIpc) is 3.62. The molecule has 2 unspecified atom stereocenters. The van der Waals surface area contributed by atoms with E-state index >= 15 is 0 Å². The number of benzene rings is 1. The Morgan fingerprint density at radius 3 is 2.51 bits per heavy atom. The molecule has 10 heteroatoms. The number of nitrogens with one attached hydrogen (secondary N) is 1. The summed E-state index contributed by atoms with van der Waals surface area (Å²) in [6.07, 6.45) is 2.69. The highest BCUT2D eigenvalue weighted by Crippen LogP contribution is 2.47. The maximum atomic E-state index is 14.5. The van der Waals surface area contributed by atoms with E-state index in [9.17, 15) is 22.4 Å². The fourth-order valence-corrected chi connectivity index (χ4v) is 6.94. The van der Waals surface area contributed by atoms with Crippen molar-refractivity contribution in [3.8, 4) is 0 Å². The second-order valence-electron chi connectivity index (χ2n) is 11.8. The van der Waals surface area contributed by atoms with E-state index in [1.165, 1.54) is 31.2 Å². The van der Waals surface area contributed by atoms with E-state index in [1.54, 1.807) is 12.1 Å². The SMILES string of the molecule is O=C1N(C(c2ccc(NC3Cc4ccc(Cl)c(F)c4C3)cn2)C(F)(F)F)CCCC12CCN(CC1CC1)CC2. The number of carbonyl (C=O) groups is 1. The summed E-state index contributed by atoms with van der Waals surface area (Å²) in [6.45, 7) is 2.66. The molecule has 39 heavy (non-hydrogen) atoms. The number of likely N-dealkylation sites (tertiary alicyclic amines) is 2. The molecule has 1 amide bonds. The first kappa shape index (κ1) is 26.8. The number of nitrogens with zero attached hydrogens (tertiary/aromatic N) is 3. The number of fused-ring (bicyclic) bond motifs is 1. The molecule has 210 valence electrons. The molecule has 2 atom stereocenters. The molecule has 1 aromatic heterocycles.